The first-order valence-corrected chi connectivity index (χ1v) is 16.7. The SMILES string of the molecule is NS(=O)(=O)c1cc(C(=O)NC2CCN(CCCCOc3cccc4c3C(=O)C(=C(C3CC3)C3CC3)O4)CC2)ccc1Cl. The van der Waals surface area contributed by atoms with Gasteiger partial charge in [-0.05, 0) is 106 Å². The number of nitrogens with zero attached hydrogens (tertiary/aromatic N) is 1. The minimum absolute atomic E-state index is 0.00455. The van der Waals surface area contributed by atoms with E-state index >= 15 is 0 Å². The summed E-state index contributed by atoms with van der Waals surface area (Å²) in [6.45, 7) is 3.15. The van der Waals surface area contributed by atoms with Crippen LogP contribution in [-0.2, 0) is 10.0 Å². The Morgan fingerprint density at radius 3 is 2.43 bits per heavy atom. The number of allylic oxidation sites excluding steroid dienone is 2. The first-order chi connectivity index (χ1) is 20.2. The van der Waals surface area contributed by atoms with Crippen molar-refractivity contribution in [1.29, 1.82) is 0 Å². The van der Waals surface area contributed by atoms with Gasteiger partial charge in [0.05, 0.1) is 11.6 Å². The van der Waals surface area contributed by atoms with E-state index in [1.807, 2.05) is 18.2 Å². The number of unbranched alkanes of at least 4 members (excludes halogenated alkanes) is 1. The molecule has 2 aromatic carbocycles. The van der Waals surface area contributed by atoms with E-state index < -0.39 is 10.0 Å². The van der Waals surface area contributed by atoms with Crippen molar-refractivity contribution >= 4 is 33.3 Å². The van der Waals surface area contributed by atoms with E-state index in [9.17, 15) is 18.0 Å². The number of hydrogen-bond acceptors (Lipinski definition) is 7. The van der Waals surface area contributed by atoms with Gasteiger partial charge in [-0.3, -0.25) is 9.59 Å². The number of nitrogens with one attached hydrogen (secondary N) is 1. The highest BCUT2D eigenvalue weighted by Crippen LogP contribution is 2.52. The predicted octanol–water partition coefficient (Wildman–Crippen LogP) is 4.69. The number of fused-ring (bicyclic) bond motifs is 1. The number of amides is 1. The van der Waals surface area contributed by atoms with Crippen molar-refractivity contribution < 1.29 is 27.5 Å². The zero-order valence-corrected chi connectivity index (χ0v) is 25.0. The molecule has 2 heterocycles. The molecule has 3 N–H and O–H groups in total. The topological polar surface area (TPSA) is 128 Å². The summed E-state index contributed by atoms with van der Waals surface area (Å²) in [5.41, 5.74) is 2.02. The number of carbonyl (C=O) groups is 2. The maximum atomic E-state index is 13.3. The highest BCUT2D eigenvalue weighted by atomic mass is 35.5. The number of primary sulfonamides is 1. The number of Topliss-reactive ketones (excluding diaryl/α,β-unsaturated/α-hetero) is 1. The lowest BCUT2D eigenvalue weighted by molar-refractivity contribution is 0.0909. The van der Waals surface area contributed by atoms with Gasteiger partial charge in [-0.25, -0.2) is 13.6 Å². The summed E-state index contributed by atoms with van der Waals surface area (Å²) in [5.74, 6) is 2.45. The van der Waals surface area contributed by atoms with Crippen LogP contribution in [0.2, 0.25) is 5.02 Å². The average Bonchev–Trinajstić information content (AvgIpc) is 3.89. The molecule has 2 saturated carbocycles. The Morgan fingerprint density at radius 2 is 1.76 bits per heavy atom. The predicted molar refractivity (Wildman–Crippen MR) is 158 cm³/mol. The van der Waals surface area contributed by atoms with Gasteiger partial charge in [0.25, 0.3) is 5.91 Å². The lowest BCUT2D eigenvalue weighted by atomic mass is 10.0. The lowest BCUT2D eigenvalue weighted by Crippen LogP contribution is -2.44. The van der Waals surface area contributed by atoms with Crippen LogP contribution >= 0.6 is 11.6 Å². The molecule has 0 atom stereocenters. The Labute approximate surface area is 251 Å². The average molecular weight is 614 g/mol. The highest BCUT2D eigenvalue weighted by Gasteiger charge is 2.44. The summed E-state index contributed by atoms with van der Waals surface area (Å²) in [6.07, 6.45) is 8.05. The molecular formula is C31H36ClN3O6S. The number of ketones is 1. The van der Waals surface area contributed by atoms with Gasteiger partial charge in [-0.1, -0.05) is 17.7 Å². The summed E-state index contributed by atoms with van der Waals surface area (Å²) in [6, 6.07) is 9.67. The Kier molecular flexibility index (Phi) is 8.33. The van der Waals surface area contributed by atoms with Crippen molar-refractivity contribution in [2.75, 3.05) is 26.2 Å². The fraction of sp³-hybridized carbons (Fsp3) is 0.484. The fourth-order valence-corrected chi connectivity index (χ4v) is 7.02. The van der Waals surface area contributed by atoms with Crippen molar-refractivity contribution in [3.63, 3.8) is 0 Å². The summed E-state index contributed by atoms with van der Waals surface area (Å²) < 4.78 is 35.6. The van der Waals surface area contributed by atoms with Crippen LogP contribution in [0.15, 0.2) is 52.6 Å². The van der Waals surface area contributed by atoms with E-state index in [1.54, 1.807) is 0 Å². The van der Waals surface area contributed by atoms with Crippen molar-refractivity contribution in [3.8, 4) is 11.5 Å². The normalized spacial score (nSPS) is 19.4. The number of likely N-dealkylation sites (tertiary alicyclic amines) is 1. The maximum Gasteiger partial charge on any atom is 0.251 e. The quantitative estimate of drug-likeness (QED) is 0.278. The molecule has 6 rings (SSSR count). The Balaban J connectivity index is 0.936. The highest BCUT2D eigenvalue weighted by molar-refractivity contribution is 7.89. The molecule has 0 bridgehead atoms. The van der Waals surface area contributed by atoms with E-state index in [2.05, 4.69) is 10.2 Å². The van der Waals surface area contributed by atoms with Gasteiger partial charge in [0.1, 0.15) is 22.0 Å². The third kappa shape index (κ3) is 6.51. The molecule has 0 unspecified atom stereocenters. The molecular weight excluding hydrogens is 578 g/mol. The second kappa shape index (κ2) is 12.0. The lowest BCUT2D eigenvalue weighted by Gasteiger charge is -2.32. The van der Waals surface area contributed by atoms with E-state index in [1.165, 1.54) is 23.8 Å². The maximum absolute atomic E-state index is 13.3. The molecule has 2 aliphatic heterocycles. The molecule has 3 fully saturated rings. The van der Waals surface area contributed by atoms with Gasteiger partial charge in [-0.15, -0.1) is 0 Å². The van der Waals surface area contributed by atoms with Gasteiger partial charge in [0.15, 0.2) is 5.76 Å². The van der Waals surface area contributed by atoms with Gasteiger partial charge in [-0.2, -0.15) is 0 Å². The first-order valence-electron chi connectivity index (χ1n) is 14.8. The summed E-state index contributed by atoms with van der Waals surface area (Å²) in [7, 11) is -4.02. The Bertz CT molecular complexity index is 1510. The third-order valence-electron chi connectivity index (χ3n) is 8.48. The number of ether oxygens (including phenoxy) is 2. The van der Waals surface area contributed by atoms with E-state index in [0.29, 0.717) is 41.3 Å². The molecule has 42 heavy (non-hydrogen) atoms. The largest absolute Gasteiger partial charge is 0.493 e. The van der Waals surface area contributed by atoms with Gasteiger partial charge in [0.2, 0.25) is 15.8 Å². The van der Waals surface area contributed by atoms with Crippen LogP contribution in [0, 0.1) is 11.8 Å². The van der Waals surface area contributed by atoms with Gasteiger partial charge in [0, 0.05) is 24.7 Å². The summed E-state index contributed by atoms with van der Waals surface area (Å²) >= 11 is 5.93. The minimum atomic E-state index is -4.02. The summed E-state index contributed by atoms with van der Waals surface area (Å²) in [4.78, 5) is 28.1. The van der Waals surface area contributed by atoms with Crippen LogP contribution in [0.4, 0.5) is 0 Å². The Hall–Kier alpha value is -2.92. The van der Waals surface area contributed by atoms with Crippen LogP contribution in [0.3, 0.4) is 0 Å². The second-order valence-corrected chi connectivity index (χ2v) is 13.7. The Morgan fingerprint density at radius 1 is 1.05 bits per heavy atom. The third-order valence-corrected chi connectivity index (χ3v) is 9.87. The molecule has 11 heteroatoms. The molecule has 0 spiro atoms. The van der Waals surface area contributed by atoms with Crippen LogP contribution < -0.4 is 19.9 Å². The molecule has 0 aromatic heterocycles. The van der Waals surface area contributed by atoms with Crippen LogP contribution in [-0.4, -0.2) is 57.3 Å². The van der Waals surface area contributed by atoms with Crippen LogP contribution in [0.1, 0.15) is 72.1 Å². The number of hydrogen-bond donors (Lipinski definition) is 2. The van der Waals surface area contributed by atoms with Crippen LogP contribution in [0.5, 0.6) is 11.5 Å². The van der Waals surface area contributed by atoms with Crippen molar-refractivity contribution in [2.45, 2.75) is 62.3 Å². The van der Waals surface area contributed by atoms with Gasteiger partial charge >= 0.3 is 0 Å². The number of nitrogens with two attached hydrogens (primary N) is 1. The number of benzene rings is 2. The molecule has 2 aromatic rings. The van der Waals surface area contributed by atoms with E-state index in [0.717, 1.165) is 71.0 Å². The number of piperidine rings is 1. The summed E-state index contributed by atoms with van der Waals surface area (Å²) in [5, 5.41) is 8.18. The molecule has 0 radical (unpaired) electrons. The smallest absolute Gasteiger partial charge is 0.251 e. The van der Waals surface area contributed by atoms with Crippen LogP contribution in [0.25, 0.3) is 0 Å². The second-order valence-electron chi connectivity index (χ2n) is 11.7. The van der Waals surface area contributed by atoms with Crippen molar-refractivity contribution in [3.05, 3.63) is 63.9 Å². The minimum Gasteiger partial charge on any atom is -0.493 e. The zero-order valence-electron chi connectivity index (χ0n) is 23.4. The standard InChI is InChI=1S/C31H36ClN3O6S/c32-23-11-10-21(18-26(23)42(33,38)39)31(37)34-22-12-15-35(16-13-22)14-1-2-17-40-24-4-3-5-25-28(24)29(36)30(41-25)27(19-6-7-19)20-8-9-20/h3-5,10-11,18-20,22H,1-2,6-9,12-17H2,(H,34,37)(H2,33,38,39). The number of sulfonamides is 1. The van der Waals surface area contributed by atoms with Crippen molar-refractivity contribution in [1.82, 2.24) is 10.2 Å². The van der Waals surface area contributed by atoms with Gasteiger partial charge < -0.3 is 19.7 Å². The zero-order chi connectivity index (χ0) is 29.4. The molecule has 9 nitrogen and oxygen atoms in total. The van der Waals surface area contributed by atoms with E-state index in [-0.39, 0.29) is 33.2 Å². The fourth-order valence-electron chi connectivity index (χ4n) is 5.94. The first kappa shape index (κ1) is 29.2. The van der Waals surface area contributed by atoms with Crippen molar-refractivity contribution in [2.24, 2.45) is 17.0 Å². The van der Waals surface area contributed by atoms with E-state index in [4.69, 9.17) is 26.2 Å². The monoisotopic (exact) mass is 613 g/mol. The molecule has 1 saturated heterocycles. The molecule has 224 valence electrons. The molecule has 4 aliphatic rings. The number of halogens is 1. The number of carbonyl (C=O) groups excluding carboxylic acids is 2. The molecule has 2 aliphatic carbocycles. The molecule has 1 amide bonds. The number of rotatable bonds is 11.